The third-order valence-corrected chi connectivity index (χ3v) is 5.67. The fraction of sp³-hybridized carbons (Fsp3) is 0.400. The van der Waals surface area contributed by atoms with E-state index < -0.39 is 18.2 Å². The molecule has 0 fully saturated rings. The van der Waals surface area contributed by atoms with E-state index in [9.17, 15) is 19.4 Å². The highest BCUT2D eigenvalue weighted by molar-refractivity contribution is 5.69. The predicted octanol–water partition coefficient (Wildman–Crippen LogP) is 3.79. The summed E-state index contributed by atoms with van der Waals surface area (Å²) in [5.74, 6) is -0.822. The Balaban J connectivity index is 1.88. The number of ether oxygens (including phenoxy) is 1. The van der Waals surface area contributed by atoms with Crippen molar-refractivity contribution >= 4 is 11.7 Å². The van der Waals surface area contributed by atoms with E-state index in [1.807, 2.05) is 18.2 Å². The van der Waals surface area contributed by atoms with Gasteiger partial charge in [-0.15, -0.1) is 0 Å². The van der Waals surface area contributed by atoms with Gasteiger partial charge in [0.1, 0.15) is 5.82 Å². The Hall–Kier alpha value is -2.70. The van der Waals surface area contributed by atoms with Gasteiger partial charge in [0.15, 0.2) is 0 Å². The third kappa shape index (κ3) is 5.32. The number of hydrogen-bond acceptors (Lipinski definition) is 5. The average Bonchev–Trinajstić information content (AvgIpc) is 3.07. The molecule has 1 aliphatic heterocycles. The number of halogens is 1. The van der Waals surface area contributed by atoms with Gasteiger partial charge < -0.3 is 19.8 Å². The van der Waals surface area contributed by atoms with Gasteiger partial charge in [-0.2, -0.15) is 0 Å². The fourth-order valence-electron chi connectivity index (χ4n) is 4.32. The van der Waals surface area contributed by atoms with Gasteiger partial charge in [0.2, 0.25) is 0 Å². The zero-order valence-corrected chi connectivity index (χ0v) is 18.1. The van der Waals surface area contributed by atoms with Crippen molar-refractivity contribution in [3.63, 3.8) is 0 Å². The van der Waals surface area contributed by atoms with Crippen molar-refractivity contribution in [2.45, 2.75) is 56.9 Å². The van der Waals surface area contributed by atoms with Crippen molar-refractivity contribution in [1.29, 1.82) is 0 Å². The Morgan fingerprint density at radius 2 is 1.84 bits per heavy atom. The predicted molar refractivity (Wildman–Crippen MR) is 118 cm³/mol. The summed E-state index contributed by atoms with van der Waals surface area (Å²) in [4.78, 5) is 13.6. The van der Waals surface area contributed by atoms with Gasteiger partial charge in [-0.3, -0.25) is 4.79 Å². The van der Waals surface area contributed by atoms with E-state index in [-0.39, 0.29) is 36.7 Å². The van der Waals surface area contributed by atoms with Crippen molar-refractivity contribution in [2.75, 3.05) is 12.0 Å². The van der Waals surface area contributed by atoms with Gasteiger partial charge in [-0.05, 0) is 43.2 Å². The van der Waals surface area contributed by atoms with Crippen molar-refractivity contribution in [2.24, 2.45) is 0 Å². The molecular formula is C25H30FNO4. The van der Waals surface area contributed by atoms with Crippen molar-refractivity contribution in [1.82, 2.24) is 0 Å². The van der Waals surface area contributed by atoms with Gasteiger partial charge in [-0.1, -0.05) is 42.5 Å². The van der Waals surface area contributed by atoms with Gasteiger partial charge in [0, 0.05) is 24.1 Å². The number of anilines is 1. The summed E-state index contributed by atoms with van der Waals surface area (Å²) in [5.41, 5.74) is 3.26. The number of esters is 1. The van der Waals surface area contributed by atoms with E-state index in [0.717, 1.165) is 16.8 Å². The first kappa shape index (κ1) is 23.0. The van der Waals surface area contributed by atoms with Gasteiger partial charge in [0.05, 0.1) is 31.8 Å². The maximum Gasteiger partial charge on any atom is 0.308 e. The number of fused-ring (bicyclic) bond motifs is 1. The molecule has 166 valence electrons. The van der Waals surface area contributed by atoms with Crippen molar-refractivity contribution < 1.29 is 24.1 Å². The summed E-state index contributed by atoms with van der Waals surface area (Å²) in [6.45, 7) is 4.22. The molecule has 5 nitrogen and oxygen atoms in total. The monoisotopic (exact) mass is 427 g/mol. The molecule has 0 radical (unpaired) electrons. The molecule has 6 heteroatoms. The number of carbonyl (C=O) groups excluding carboxylic acids is 1. The van der Waals surface area contributed by atoms with E-state index >= 15 is 0 Å². The molecule has 2 aromatic rings. The normalized spacial score (nSPS) is 20.2. The van der Waals surface area contributed by atoms with E-state index in [4.69, 9.17) is 0 Å². The van der Waals surface area contributed by atoms with Gasteiger partial charge >= 0.3 is 5.97 Å². The van der Waals surface area contributed by atoms with E-state index in [0.29, 0.717) is 0 Å². The zero-order valence-electron chi connectivity index (χ0n) is 18.1. The minimum Gasteiger partial charge on any atom is -0.469 e. The minimum absolute atomic E-state index is 0.0253. The maximum atomic E-state index is 13.5. The highest BCUT2D eigenvalue weighted by atomic mass is 19.1. The number of carbonyl (C=O) groups is 1. The molecule has 0 amide bonds. The second-order valence-electron chi connectivity index (χ2n) is 8.20. The number of hydrogen-bond donors (Lipinski definition) is 2. The third-order valence-electron chi connectivity index (χ3n) is 5.67. The molecule has 3 rings (SSSR count). The van der Waals surface area contributed by atoms with E-state index in [1.54, 1.807) is 18.2 Å². The Kier molecular flexibility index (Phi) is 7.46. The second-order valence-corrected chi connectivity index (χ2v) is 8.20. The van der Waals surface area contributed by atoms with Crippen LogP contribution in [0, 0.1) is 5.82 Å². The number of aliphatic hydroxyl groups is 2. The molecule has 0 saturated heterocycles. The van der Waals surface area contributed by atoms with Gasteiger partial charge in [-0.25, -0.2) is 4.39 Å². The van der Waals surface area contributed by atoms with Crippen LogP contribution in [-0.4, -0.2) is 47.6 Å². The largest absolute Gasteiger partial charge is 0.469 e. The Bertz CT molecular complexity index is 912. The summed E-state index contributed by atoms with van der Waals surface area (Å²) >= 11 is 0. The van der Waals surface area contributed by atoms with Crippen LogP contribution < -0.4 is 4.90 Å². The summed E-state index contributed by atoms with van der Waals surface area (Å²) in [5, 5.41) is 20.4. The standard InChI is InChI=1S/C25H30FNO4/c1-16(2)27-22-7-5-4-6-21(22)25(17-8-10-18(26)11-9-17)23(27)13-12-19(28)14-20(29)15-24(30)31-3/h4-13,16,19-20,23,25,28-29H,14-15H2,1-3H3/b13-12+. The molecule has 1 aliphatic rings. The quantitative estimate of drug-likeness (QED) is 0.496. The van der Waals surface area contributed by atoms with Crippen molar-refractivity contribution in [3.05, 3.63) is 77.6 Å². The fourth-order valence-corrected chi connectivity index (χ4v) is 4.32. The molecule has 2 aromatic carbocycles. The average molecular weight is 428 g/mol. The molecule has 0 saturated carbocycles. The highest BCUT2D eigenvalue weighted by Gasteiger charge is 2.38. The maximum absolute atomic E-state index is 13.5. The van der Waals surface area contributed by atoms with Crippen LogP contribution in [0.2, 0.25) is 0 Å². The lowest BCUT2D eigenvalue weighted by Crippen LogP contribution is -2.38. The second kappa shape index (κ2) is 10.1. The first-order valence-corrected chi connectivity index (χ1v) is 10.6. The number of para-hydroxylation sites is 1. The Morgan fingerprint density at radius 3 is 2.48 bits per heavy atom. The summed E-state index contributed by atoms with van der Waals surface area (Å²) in [6.07, 6.45) is 1.60. The lowest BCUT2D eigenvalue weighted by atomic mass is 9.87. The molecule has 0 aromatic heterocycles. The summed E-state index contributed by atoms with van der Waals surface area (Å²) < 4.78 is 18.1. The highest BCUT2D eigenvalue weighted by Crippen LogP contribution is 2.46. The molecule has 31 heavy (non-hydrogen) atoms. The van der Waals surface area contributed by atoms with Gasteiger partial charge in [0.25, 0.3) is 0 Å². The van der Waals surface area contributed by atoms with Crippen LogP contribution in [0.3, 0.4) is 0 Å². The summed E-state index contributed by atoms with van der Waals surface area (Å²) in [6, 6.07) is 14.8. The first-order valence-electron chi connectivity index (χ1n) is 10.6. The lowest BCUT2D eigenvalue weighted by Gasteiger charge is -2.32. The molecule has 4 unspecified atom stereocenters. The number of methoxy groups -OCH3 is 1. The molecule has 1 heterocycles. The molecule has 0 spiro atoms. The van der Waals surface area contributed by atoms with Crippen LogP contribution in [0.5, 0.6) is 0 Å². The van der Waals surface area contributed by atoms with Crippen LogP contribution in [-0.2, 0) is 9.53 Å². The molecule has 2 N–H and O–H groups in total. The number of benzene rings is 2. The number of rotatable bonds is 8. The van der Waals surface area contributed by atoms with E-state index in [2.05, 4.69) is 35.6 Å². The van der Waals surface area contributed by atoms with Crippen molar-refractivity contribution in [3.8, 4) is 0 Å². The Labute approximate surface area is 182 Å². The lowest BCUT2D eigenvalue weighted by molar-refractivity contribution is -0.143. The molecule has 4 atom stereocenters. The zero-order chi connectivity index (χ0) is 22.5. The van der Waals surface area contributed by atoms with Crippen LogP contribution in [0.25, 0.3) is 0 Å². The smallest absolute Gasteiger partial charge is 0.308 e. The van der Waals surface area contributed by atoms with Crippen LogP contribution >= 0.6 is 0 Å². The SMILES string of the molecule is COC(=O)CC(O)CC(O)/C=C/C1C(c2ccc(F)cc2)c2ccccc2N1C(C)C. The first-order chi connectivity index (χ1) is 14.8. The minimum atomic E-state index is -0.984. The topological polar surface area (TPSA) is 70.0 Å². The van der Waals surface area contributed by atoms with Crippen LogP contribution in [0.15, 0.2) is 60.7 Å². The Morgan fingerprint density at radius 1 is 1.16 bits per heavy atom. The van der Waals surface area contributed by atoms with E-state index in [1.165, 1.54) is 19.2 Å². The molecule has 0 bridgehead atoms. The van der Waals surface area contributed by atoms with Crippen LogP contribution in [0.1, 0.15) is 43.7 Å². The number of aliphatic hydroxyl groups excluding tert-OH is 2. The molecule has 0 aliphatic carbocycles. The molecular weight excluding hydrogens is 397 g/mol. The van der Waals surface area contributed by atoms with Crippen LogP contribution in [0.4, 0.5) is 10.1 Å². The number of nitrogens with zero attached hydrogens (tertiary/aromatic N) is 1. The summed E-state index contributed by atoms with van der Waals surface area (Å²) in [7, 11) is 1.26.